The number of rotatable bonds is 3. The summed E-state index contributed by atoms with van der Waals surface area (Å²) in [7, 11) is 0. The number of imide groups is 1. The maximum atomic E-state index is 12.4. The molecule has 2 aliphatic rings. The van der Waals surface area contributed by atoms with Crippen LogP contribution >= 0.6 is 0 Å². The number of nitrogens with zero attached hydrogens (tertiary/aromatic N) is 3. The lowest BCUT2D eigenvalue weighted by molar-refractivity contribution is 0.0325. The topological polar surface area (TPSA) is 88.8 Å². The summed E-state index contributed by atoms with van der Waals surface area (Å²) in [5, 5.41) is 0. The van der Waals surface area contributed by atoms with Gasteiger partial charge in [0.25, 0.3) is 11.8 Å². The quantitative estimate of drug-likeness (QED) is 0.782. The molecular weight excluding hydrogens is 272 g/mol. The number of hydrogen-bond donors (Lipinski definition) is 1. The summed E-state index contributed by atoms with van der Waals surface area (Å²) >= 11 is 0. The lowest BCUT2D eigenvalue weighted by Crippen LogP contribution is -2.43. The van der Waals surface area contributed by atoms with Crippen molar-refractivity contribution >= 4 is 17.5 Å². The molecular formula is C14H18N4O3. The van der Waals surface area contributed by atoms with Crippen LogP contribution in [0.3, 0.4) is 0 Å². The van der Waals surface area contributed by atoms with Crippen molar-refractivity contribution in [3.8, 4) is 0 Å². The second-order valence-corrected chi connectivity index (χ2v) is 5.26. The fourth-order valence-electron chi connectivity index (χ4n) is 2.66. The molecule has 1 aromatic rings. The van der Waals surface area contributed by atoms with Gasteiger partial charge in [-0.3, -0.25) is 24.4 Å². The van der Waals surface area contributed by atoms with Gasteiger partial charge in [-0.05, 0) is 6.92 Å². The van der Waals surface area contributed by atoms with Gasteiger partial charge < -0.3 is 10.5 Å². The normalized spacial score (nSPS) is 19.2. The van der Waals surface area contributed by atoms with E-state index < -0.39 is 0 Å². The van der Waals surface area contributed by atoms with Gasteiger partial charge in [-0.1, -0.05) is 0 Å². The fraction of sp³-hybridized carbons (Fsp3) is 0.500. The third-order valence-corrected chi connectivity index (χ3v) is 3.99. The predicted octanol–water partition coefficient (Wildman–Crippen LogP) is -0.0996. The minimum absolute atomic E-state index is 0.300. The molecule has 7 nitrogen and oxygen atoms in total. The van der Waals surface area contributed by atoms with Crippen molar-refractivity contribution in [3.63, 3.8) is 0 Å². The highest BCUT2D eigenvalue weighted by molar-refractivity contribution is 6.23. The molecule has 21 heavy (non-hydrogen) atoms. The molecule has 2 amide bonds. The molecule has 3 rings (SSSR count). The van der Waals surface area contributed by atoms with Gasteiger partial charge in [0, 0.05) is 32.4 Å². The zero-order valence-electron chi connectivity index (χ0n) is 12.0. The largest absolute Gasteiger partial charge is 0.397 e. The molecule has 0 atom stereocenters. The molecule has 1 fully saturated rings. The van der Waals surface area contributed by atoms with E-state index in [0.29, 0.717) is 48.8 Å². The Labute approximate surface area is 122 Å². The maximum Gasteiger partial charge on any atom is 0.263 e. The van der Waals surface area contributed by atoms with E-state index in [1.807, 2.05) is 0 Å². The lowest BCUT2D eigenvalue weighted by Gasteiger charge is -2.27. The third-order valence-electron chi connectivity index (χ3n) is 3.99. The summed E-state index contributed by atoms with van der Waals surface area (Å²) in [5.41, 5.74) is 7.39. The molecule has 0 saturated carbocycles. The van der Waals surface area contributed by atoms with Gasteiger partial charge in [-0.25, -0.2) is 0 Å². The Morgan fingerprint density at radius 3 is 2.67 bits per heavy atom. The van der Waals surface area contributed by atoms with Crippen LogP contribution < -0.4 is 5.73 Å². The number of pyridine rings is 1. The predicted molar refractivity (Wildman–Crippen MR) is 76.0 cm³/mol. The van der Waals surface area contributed by atoms with Crippen LogP contribution in [0, 0.1) is 6.92 Å². The molecule has 0 aliphatic carbocycles. The number of nitrogens with two attached hydrogens (primary N) is 1. The van der Waals surface area contributed by atoms with Crippen LogP contribution in [0.2, 0.25) is 0 Å². The van der Waals surface area contributed by atoms with Gasteiger partial charge in [0.05, 0.1) is 35.7 Å². The second kappa shape index (κ2) is 5.42. The zero-order valence-corrected chi connectivity index (χ0v) is 12.0. The molecule has 0 unspecified atom stereocenters. The molecule has 3 heterocycles. The Morgan fingerprint density at radius 2 is 1.95 bits per heavy atom. The van der Waals surface area contributed by atoms with Gasteiger partial charge in [0.15, 0.2) is 0 Å². The van der Waals surface area contributed by atoms with Gasteiger partial charge in [-0.2, -0.15) is 0 Å². The monoisotopic (exact) mass is 290 g/mol. The number of anilines is 1. The van der Waals surface area contributed by atoms with E-state index in [2.05, 4.69) is 9.88 Å². The van der Waals surface area contributed by atoms with E-state index in [1.165, 1.54) is 11.1 Å². The minimum Gasteiger partial charge on any atom is -0.397 e. The van der Waals surface area contributed by atoms with Crippen molar-refractivity contribution in [2.45, 2.75) is 6.92 Å². The van der Waals surface area contributed by atoms with Crippen LogP contribution in [-0.2, 0) is 4.74 Å². The number of ether oxygens (including phenoxy) is 1. The number of hydrogen-bond acceptors (Lipinski definition) is 6. The van der Waals surface area contributed by atoms with Gasteiger partial charge in [0.2, 0.25) is 0 Å². The van der Waals surface area contributed by atoms with Gasteiger partial charge in [0.1, 0.15) is 0 Å². The van der Waals surface area contributed by atoms with Gasteiger partial charge in [-0.15, -0.1) is 0 Å². The van der Waals surface area contributed by atoms with E-state index in [1.54, 1.807) is 6.92 Å². The summed E-state index contributed by atoms with van der Waals surface area (Å²) in [4.78, 5) is 32.2. The van der Waals surface area contributed by atoms with E-state index in [0.717, 1.165) is 13.1 Å². The standard InChI is InChI=1S/C14H18N4O3/c1-9-12(15)11-10(8-16-9)13(19)18(14(11)20)3-2-17-4-6-21-7-5-17/h8H,2-7,15H2,1H3. The molecule has 0 aromatic carbocycles. The Kier molecular flexibility index (Phi) is 3.60. The van der Waals surface area contributed by atoms with Crippen molar-refractivity contribution in [2.75, 3.05) is 45.1 Å². The van der Waals surface area contributed by atoms with E-state index >= 15 is 0 Å². The van der Waals surface area contributed by atoms with Crippen LogP contribution in [0.15, 0.2) is 6.20 Å². The van der Waals surface area contributed by atoms with E-state index in [4.69, 9.17) is 10.5 Å². The molecule has 2 N–H and O–H groups in total. The highest BCUT2D eigenvalue weighted by Gasteiger charge is 2.38. The molecule has 1 aromatic heterocycles. The van der Waals surface area contributed by atoms with Crippen molar-refractivity contribution in [1.82, 2.24) is 14.8 Å². The number of carbonyl (C=O) groups is 2. The number of aryl methyl sites for hydroxylation is 1. The highest BCUT2D eigenvalue weighted by atomic mass is 16.5. The van der Waals surface area contributed by atoms with Gasteiger partial charge >= 0.3 is 0 Å². The molecule has 1 saturated heterocycles. The average Bonchev–Trinajstić information content (AvgIpc) is 2.74. The first-order chi connectivity index (χ1) is 10.1. The fourth-order valence-corrected chi connectivity index (χ4v) is 2.66. The smallest absolute Gasteiger partial charge is 0.263 e. The number of nitrogen functional groups attached to an aromatic ring is 1. The number of carbonyl (C=O) groups excluding carboxylic acids is 2. The minimum atomic E-state index is -0.314. The van der Waals surface area contributed by atoms with Crippen LogP contribution in [0.25, 0.3) is 0 Å². The summed E-state index contributed by atoms with van der Waals surface area (Å²) in [5.74, 6) is -0.617. The Hall–Kier alpha value is -1.99. The van der Waals surface area contributed by atoms with Crippen LogP contribution in [0.4, 0.5) is 5.69 Å². The average molecular weight is 290 g/mol. The highest BCUT2D eigenvalue weighted by Crippen LogP contribution is 2.28. The van der Waals surface area contributed by atoms with E-state index in [9.17, 15) is 9.59 Å². The Morgan fingerprint density at radius 1 is 1.24 bits per heavy atom. The molecule has 0 bridgehead atoms. The van der Waals surface area contributed by atoms with Crippen LogP contribution in [-0.4, -0.2) is 66.0 Å². The van der Waals surface area contributed by atoms with Crippen molar-refractivity contribution in [2.24, 2.45) is 0 Å². The zero-order chi connectivity index (χ0) is 15.0. The maximum absolute atomic E-state index is 12.4. The van der Waals surface area contributed by atoms with Crippen molar-refractivity contribution in [1.29, 1.82) is 0 Å². The summed E-state index contributed by atoms with van der Waals surface area (Å²) < 4.78 is 5.28. The summed E-state index contributed by atoms with van der Waals surface area (Å²) in [6.07, 6.45) is 1.44. The van der Waals surface area contributed by atoms with Crippen LogP contribution in [0.1, 0.15) is 26.4 Å². The van der Waals surface area contributed by atoms with Crippen molar-refractivity contribution < 1.29 is 14.3 Å². The first-order valence-corrected chi connectivity index (χ1v) is 7.01. The number of morpholine rings is 1. The van der Waals surface area contributed by atoms with E-state index in [-0.39, 0.29) is 11.8 Å². The first-order valence-electron chi connectivity index (χ1n) is 7.01. The molecule has 2 aliphatic heterocycles. The number of fused-ring (bicyclic) bond motifs is 1. The number of amides is 2. The molecule has 0 spiro atoms. The molecule has 7 heteroatoms. The first kappa shape index (κ1) is 14.0. The Balaban J connectivity index is 1.75. The summed E-state index contributed by atoms with van der Waals surface area (Å²) in [6.45, 7) is 5.78. The lowest BCUT2D eigenvalue weighted by atomic mass is 10.1. The SMILES string of the molecule is Cc1ncc2c(c1N)C(=O)N(CCN1CCOCC1)C2=O. The summed E-state index contributed by atoms with van der Waals surface area (Å²) in [6, 6.07) is 0. The van der Waals surface area contributed by atoms with Crippen molar-refractivity contribution in [3.05, 3.63) is 23.0 Å². The Bertz CT molecular complexity index is 596. The van der Waals surface area contributed by atoms with Crippen LogP contribution in [0.5, 0.6) is 0 Å². The molecule has 0 radical (unpaired) electrons. The molecule has 112 valence electrons. The third kappa shape index (κ3) is 2.38. The number of aromatic nitrogens is 1. The second-order valence-electron chi connectivity index (χ2n) is 5.26.